The van der Waals surface area contributed by atoms with Gasteiger partial charge in [-0.15, -0.1) is 0 Å². The van der Waals surface area contributed by atoms with E-state index in [1.165, 1.54) is 49.7 Å². The molecular weight excluding hydrogens is 453 g/mol. The number of rotatable bonds is 6. The van der Waals surface area contributed by atoms with Crippen LogP contribution in [0.15, 0.2) is 65.8 Å². The van der Waals surface area contributed by atoms with Crippen LogP contribution in [0, 0.1) is 11.3 Å². The molecular formula is C23H15Cl2N3O4. The van der Waals surface area contributed by atoms with Crippen LogP contribution in [-0.4, -0.2) is 25.2 Å². The van der Waals surface area contributed by atoms with Crippen LogP contribution in [0.3, 0.4) is 0 Å². The van der Waals surface area contributed by atoms with Crippen LogP contribution in [0.1, 0.15) is 31.8 Å². The van der Waals surface area contributed by atoms with Gasteiger partial charge in [-0.1, -0.05) is 23.2 Å². The Morgan fingerprint density at radius 2 is 1.78 bits per heavy atom. The average molecular weight is 468 g/mol. The molecule has 0 bridgehead atoms. The lowest BCUT2D eigenvalue weighted by atomic mass is 10.1. The number of halogens is 2. The fraction of sp³-hybridized carbons (Fsp3) is 0.0435. The van der Waals surface area contributed by atoms with Gasteiger partial charge in [0.2, 0.25) is 0 Å². The Labute approximate surface area is 193 Å². The third kappa shape index (κ3) is 5.64. The number of carbonyl (C=O) groups is 2. The number of esters is 1. The number of nitriles is 1. The maximum Gasteiger partial charge on any atom is 0.345 e. The second-order valence-corrected chi connectivity index (χ2v) is 7.16. The van der Waals surface area contributed by atoms with E-state index in [4.69, 9.17) is 37.9 Å². The standard InChI is InChI=1S/C23H15Cl2N3O4/c1-31-21-10-15(13-27-28-22(29)16-5-2-14(12-26)3-6-16)4-9-20(21)32-23(30)18-8-7-17(24)11-19(18)25/h2-11,13H,1H3,(H,28,29)/b27-13-. The van der Waals surface area contributed by atoms with E-state index in [9.17, 15) is 9.59 Å². The number of methoxy groups -OCH3 is 1. The largest absolute Gasteiger partial charge is 0.493 e. The summed E-state index contributed by atoms with van der Waals surface area (Å²) >= 11 is 11.9. The monoisotopic (exact) mass is 467 g/mol. The fourth-order valence-corrected chi connectivity index (χ4v) is 3.07. The third-order valence-corrected chi connectivity index (χ3v) is 4.75. The lowest BCUT2D eigenvalue weighted by molar-refractivity contribution is 0.0729. The number of nitrogens with zero attached hydrogens (tertiary/aromatic N) is 2. The summed E-state index contributed by atoms with van der Waals surface area (Å²) in [5.74, 6) is -0.628. The number of ether oxygens (including phenoxy) is 2. The van der Waals surface area contributed by atoms with E-state index in [1.54, 1.807) is 24.3 Å². The normalized spacial score (nSPS) is 10.4. The molecule has 160 valence electrons. The van der Waals surface area contributed by atoms with Crippen molar-refractivity contribution in [3.05, 3.63) is 93.0 Å². The Balaban J connectivity index is 1.68. The van der Waals surface area contributed by atoms with Crippen molar-refractivity contribution in [2.75, 3.05) is 7.11 Å². The molecule has 0 spiro atoms. The molecule has 0 saturated heterocycles. The van der Waals surface area contributed by atoms with E-state index in [-0.39, 0.29) is 22.1 Å². The first kappa shape index (κ1) is 22.8. The molecule has 3 rings (SSSR count). The molecule has 0 saturated carbocycles. The Morgan fingerprint density at radius 1 is 1.03 bits per heavy atom. The molecule has 0 radical (unpaired) electrons. The number of nitrogens with one attached hydrogen (secondary N) is 1. The van der Waals surface area contributed by atoms with Crippen molar-refractivity contribution in [2.45, 2.75) is 0 Å². The van der Waals surface area contributed by atoms with Crippen molar-refractivity contribution >= 4 is 41.3 Å². The first-order valence-electron chi connectivity index (χ1n) is 9.10. The lowest BCUT2D eigenvalue weighted by Crippen LogP contribution is -2.17. The second kappa shape index (κ2) is 10.4. The Hall–Kier alpha value is -3.86. The molecule has 9 heteroatoms. The highest BCUT2D eigenvalue weighted by Gasteiger charge is 2.16. The zero-order valence-corrected chi connectivity index (χ0v) is 18.1. The first-order chi connectivity index (χ1) is 15.4. The van der Waals surface area contributed by atoms with Crippen molar-refractivity contribution < 1.29 is 19.1 Å². The van der Waals surface area contributed by atoms with E-state index in [0.29, 0.717) is 21.7 Å². The number of benzene rings is 3. The summed E-state index contributed by atoms with van der Waals surface area (Å²) in [4.78, 5) is 24.5. The van der Waals surface area contributed by atoms with Gasteiger partial charge < -0.3 is 9.47 Å². The molecule has 0 aliphatic carbocycles. The zero-order chi connectivity index (χ0) is 23.1. The van der Waals surface area contributed by atoms with Crippen molar-refractivity contribution in [1.29, 1.82) is 5.26 Å². The fourth-order valence-electron chi connectivity index (χ4n) is 2.58. The van der Waals surface area contributed by atoms with Gasteiger partial charge in [0.15, 0.2) is 11.5 Å². The van der Waals surface area contributed by atoms with Gasteiger partial charge in [-0.2, -0.15) is 10.4 Å². The van der Waals surface area contributed by atoms with Crippen molar-refractivity contribution in [3.8, 4) is 17.6 Å². The van der Waals surface area contributed by atoms with Crippen LogP contribution in [0.4, 0.5) is 0 Å². The van der Waals surface area contributed by atoms with Gasteiger partial charge in [0, 0.05) is 10.6 Å². The van der Waals surface area contributed by atoms with E-state index >= 15 is 0 Å². The van der Waals surface area contributed by atoms with Gasteiger partial charge in [0.25, 0.3) is 5.91 Å². The van der Waals surface area contributed by atoms with Crippen LogP contribution in [0.5, 0.6) is 11.5 Å². The number of hydrazone groups is 1. The maximum atomic E-state index is 12.4. The SMILES string of the molecule is COc1cc(/C=N\NC(=O)c2ccc(C#N)cc2)ccc1OC(=O)c1ccc(Cl)cc1Cl. The maximum absolute atomic E-state index is 12.4. The summed E-state index contributed by atoms with van der Waals surface area (Å²) in [6.07, 6.45) is 1.41. The Morgan fingerprint density at radius 3 is 2.44 bits per heavy atom. The molecule has 0 unspecified atom stereocenters. The van der Waals surface area contributed by atoms with E-state index in [1.807, 2.05) is 6.07 Å². The summed E-state index contributed by atoms with van der Waals surface area (Å²) in [5, 5.41) is 13.3. The smallest absolute Gasteiger partial charge is 0.345 e. The van der Waals surface area contributed by atoms with Crippen LogP contribution >= 0.6 is 23.2 Å². The molecule has 0 atom stereocenters. The predicted molar refractivity (Wildman–Crippen MR) is 121 cm³/mol. The van der Waals surface area contributed by atoms with Crippen molar-refractivity contribution in [3.63, 3.8) is 0 Å². The molecule has 0 aliphatic heterocycles. The summed E-state index contributed by atoms with van der Waals surface area (Å²) in [5.41, 5.74) is 3.97. The van der Waals surface area contributed by atoms with Crippen LogP contribution in [0.25, 0.3) is 0 Å². The lowest BCUT2D eigenvalue weighted by Gasteiger charge is -2.10. The van der Waals surface area contributed by atoms with E-state index in [0.717, 1.165) is 0 Å². The summed E-state index contributed by atoms with van der Waals surface area (Å²) in [6.45, 7) is 0. The minimum atomic E-state index is -0.666. The minimum Gasteiger partial charge on any atom is -0.493 e. The van der Waals surface area contributed by atoms with Crippen LogP contribution < -0.4 is 14.9 Å². The van der Waals surface area contributed by atoms with Crippen LogP contribution in [-0.2, 0) is 0 Å². The van der Waals surface area contributed by atoms with Crippen molar-refractivity contribution in [2.24, 2.45) is 5.10 Å². The summed E-state index contributed by atoms with van der Waals surface area (Å²) in [7, 11) is 1.43. The molecule has 0 fully saturated rings. The highest BCUT2D eigenvalue weighted by atomic mass is 35.5. The average Bonchev–Trinajstić information content (AvgIpc) is 2.79. The Kier molecular flexibility index (Phi) is 7.45. The molecule has 0 heterocycles. The number of carbonyl (C=O) groups excluding carboxylic acids is 2. The Bertz CT molecular complexity index is 1230. The van der Waals surface area contributed by atoms with Gasteiger partial charge in [-0.3, -0.25) is 4.79 Å². The van der Waals surface area contributed by atoms with Gasteiger partial charge in [0.05, 0.1) is 35.5 Å². The molecule has 7 nitrogen and oxygen atoms in total. The first-order valence-corrected chi connectivity index (χ1v) is 9.85. The summed E-state index contributed by atoms with van der Waals surface area (Å²) in [6, 6.07) is 17.3. The highest BCUT2D eigenvalue weighted by molar-refractivity contribution is 6.36. The van der Waals surface area contributed by atoms with Gasteiger partial charge in [0.1, 0.15) is 0 Å². The number of amides is 1. The van der Waals surface area contributed by atoms with E-state index in [2.05, 4.69) is 10.5 Å². The molecule has 32 heavy (non-hydrogen) atoms. The summed E-state index contributed by atoms with van der Waals surface area (Å²) < 4.78 is 10.7. The number of hydrogen-bond donors (Lipinski definition) is 1. The topological polar surface area (TPSA) is 101 Å². The second-order valence-electron chi connectivity index (χ2n) is 6.31. The third-order valence-electron chi connectivity index (χ3n) is 4.20. The number of hydrogen-bond acceptors (Lipinski definition) is 6. The van der Waals surface area contributed by atoms with Crippen LogP contribution in [0.2, 0.25) is 10.0 Å². The molecule has 1 amide bonds. The molecule has 0 aromatic heterocycles. The molecule has 0 aliphatic rings. The minimum absolute atomic E-state index is 0.161. The highest BCUT2D eigenvalue weighted by Crippen LogP contribution is 2.29. The molecule has 1 N–H and O–H groups in total. The quantitative estimate of drug-likeness (QED) is 0.241. The van der Waals surface area contributed by atoms with Gasteiger partial charge >= 0.3 is 5.97 Å². The van der Waals surface area contributed by atoms with Crippen molar-refractivity contribution in [1.82, 2.24) is 5.43 Å². The molecule has 3 aromatic rings. The zero-order valence-electron chi connectivity index (χ0n) is 16.6. The van der Waals surface area contributed by atoms with Gasteiger partial charge in [-0.05, 0) is 66.2 Å². The van der Waals surface area contributed by atoms with Gasteiger partial charge in [-0.25, -0.2) is 10.2 Å². The molecule has 3 aromatic carbocycles. The predicted octanol–water partition coefficient (Wildman–Crippen LogP) is 4.86. The van der Waals surface area contributed by atoms with E-state index < -0.39 is 11.9 Å².